The fraction of sp³-hybridized carbons (Fsp3) is 0. The predicted molar refractivity (Wildman–Crippen MR) is 64.8 cm³/mol. The first-order chi connectivity index (χ1) is 6.75. The van der Waals surface area contributed by atoms with E-state index in [1.54, 1.807) is 29.3 Å². The van der Waals surface area contributed by atoms with Crippen molar-refractivity contribution in [1.29, 1.82) is 0 Å². The molecule has 0 fully saturated rings. The topological polar surface area (TPSA) is 38.9 Å². The van der Waals surface area contributed by atoms with E-state index in [4.69, 9.17) is 5.73 Å². The first-order valence-electron chi connectivity index (χ1n) is 3.88. The van der Waals surface area contributed by atoms with E-state index in [1.807, 2.05) is 23.6 Å². The second-order valence-electron chi connectivity index (χ2n) is 2.58. The van der Waals surface area contributed by atoms with Crippen LogP contribution in [0.25, 0.3) is 0 Å². The summed E-state index contributed by atoms with van der Waals surface area (Å²) in [5.74, 6) is 0. The minimum Gasteiger partial charge on any atom is -0.398 e. The normalized spacial score (nSPS) is 10.4. The van der Waals surface area contributed by atoms with Crippen LogP contribution in [0.5, 0.6) is 0 Å². The Hall–Kier alpha value is -0.520. The van der Waals surface area contributed by atoms with E-state index in [1.165, 1.54) is 0 Å². The van der Waals surface area contributed by atoms with Gasteiger partial charge in [-0.25, -0.2) is 4.98 Å². The number of hydrogen-bond donors (Lipinski definition) is 1. The molecule has 2 N–H and O–H groups in total. The number of nitrogens with two attached hydrogens (primary N) is 1. The lowest BCUT2D eigenvalue weighted by atomic mass is 10.3. The van der Waals surface area contributed by atoms with Crippen molar-refractivity contribution < 1.29 is 0 Å². The molecule has 5 heteroatoms. The lowest BCUT2D eigenvalue weighted by Crippen LogP contribution is -1.87. The third kappa shape index (κ3) is 2.29. The third-order valence-electron chi connectivity index (χ3n) is 1.58. The molecule has 0 atom stereocenters. The predicted octanol–water partition coefficient (Wildman–Crippen LogP) is 3.64. The van der Waals surface area contributed by atoms with Crippen LogP contribution in [0, 0.1) is 0 Å². The molecule has 2 aromatic rings. The Morgan fingerprint density at radius 1 is 1.43 bits per heavy atom. The highest BCUT2D eigenvalue weighted by molar-refractivity contribution is 9.10. The molecule has 2 nitrogen and oxygen atoms in total. The number of nitrogen functional groups attached to an aromatic ring is 1. The molecular weight excluding hydrogens is 280 g/mol. The molecular formula is C9H7BrN2S2. The van der Waals surface area contributed by atoms with Gasteiger partial charge in [-0.2, -0.15) is 0 Å². The highest BCUT2D eigenvalue weighted by atomic mass is 79.9. The van der Waals surface area contributed by atoms with Crippen molar-refractivity contribution in [2.45, 2.75) is 9.24 Å². The smallest absolute Gasteiger partial charge is 0.154 e. The summed E-state index contributed by atoms with van der Waals surface area (Å²) in [5, 5.41) is 1.96. The van der Waals surface area contributed by atoms with Crippen LogP contribution in [0.1, 0.15) is 0 Å². The Kier molecular flexibility index (Phi) is 3.10. The molecule has 14 heavy (non-hydrogen) atoms. The molecule has 0 amide bonds. The first-order valence-corrected chi connectivity index (χ1v) is 6.37. The van der Waals surface area contributed by atoms with Gasteiger partial charge in [0, 0.05) is 26.6 Å². The summed E-state index contributed by atoms with van der Waals surface area (Å²) >= 11 is 6.58. The van der Waals surface area contributed by atoms with Crippen LogP contribution in [-0.4, -0.2) is 4.98 Å². The van der Waals surface area contributed by atoms with Crippen molar-refractivity contribution in [2.24, 2.45) is 0 Å². The van der Waals surface area contributed by atoms with Crippen LogP contribution in [0.3, 0.4) is 0 Å². The average Bonchev–Trinajstić information content (AvgIpc) is 2.62. The minimum absolute atomic E-state index is 0.777. The Labute approximate surface area is 98.7 Å². The maximum absolute atomic E-state index is 5.86. The molecule has 0 bridgehead atoms. The molecule has 0 saturated heterocycles. The zero-order valence-electron chi connectivity index (χ0n) is 7.11. The number of hydrogen-bond acceptors (Lipinski definition) is 4. The van der Waals surface area contributed by atoms with E-state index >= 15 is 0 Å². The zero-order valence-corrected chi connectivity index (χ0v) is 10.3. The molecule has 0 radical (unpaired) electrons. The summed E-state index contributed by atoms with van der Waals surface area (Å²) in [6.45, 7) is 0. The fourth-order valence-electron chi connectivity index (χ4n) is 0.967. The number of thiazole rings is 1. The van der Waals surface area contributed by atoms with Crippen LogP contribution in [0.15, 0.2) is 43.5 Å². The largest absolute Gasteiger partial charge is 0.398 e. The summed E-state index contributed by atoms with van der Waals surface area (Å²) in [4.78, 5) is 5.23. The molecule has 0 unspecified atom stereocenters. The van der Waals surface area contributed by atoms with Gasteiger partial charge in [-0.15, -0.1) is 11.3 Å². The van der Waals surface area contributed by atoms with E-state index in [9.17, 15) is 0 Å². The summed E-state index contributed by atoms with van der Waals surface area (Å²) in [6.07, 6.45) is 1.79. The molecule has 1 aromatic carbocycles. The summed E-state index contributed by atoms with van der Waals surface area (Å²) in [5.41, 5.74) is 6.64. The van der Waals surface area contributed by atoms with E-state index in [0.717, 1.165) is 19.4 Å². The molecule has 0 spiro atoms. The standard InChI is InChI=1S/C9H7BrN2S2/c10-6-1-2-8(7(11)5-6)14-9-12-3-4-13-9/h1-5H,11H2. The van der Waals surface area contributed by atoms with Crippen molar-refractivity contribution in [1.82, 2.24) is 4.98 Å². The van der Waals surface area contributed by atoms with Gasteiger partial charge in [0.2, 0.25) is 0 Å². The van der Waals surface area contributed by atoms with Crippen molar-refractivity contribution in [3.05, 3.63) is 34.2 Å². The quantitative estimate of drug-likeness (QED) is 0.857. The van der Waals surface area contributed by atoms with E-state index < -0.39 is 0 Å². The van der Waals surface area contributed by atoms with Gasteiger partial charge >= 0.3 is 0 Å². The lowest BCUT2D eigenvalue weighted by molar-refractivity contribution is 1.25. The number of rotatable bonds is 2. The fourth-order valence-corrected chi connectivity index (χ4v) is 2.95. The van der Waals surface area contributed by atoms with Gasteiger partial charge < -0.3 is 5.73 Å². The first kappa shape index (κ1) is 10.0. The number of halogens is 1. The van der Waals surface area contributed by atoms with Crippen molar-refractivity contribution in [3.8, 4) is 0 Å². The molecule has 1 aromatic heterocycles. The summed E-state index contributed by atoms with van der Waals surface area (Å²) in [6, 6.07) is 5.87. The number of aromatic nitrogens is 1. The van der Waals surface area contributed by atoms with Crippen molar-refractivity contribution in [3.63, 3.8) is 0 Å². The van der Waals surface area contributed by atoms with Gasteiger partial charge in [0.1, 0.15) is 0 Å². The highest BCUT2D eigenvalue weighted by Gasteiger charge is 2.03. The summed E-state index contributed by atoms with van der Waals surface area (Å²) < 4.78 is 2.01. The van der Waals surface area contributed by atoms with E-state index in [2.05, 4.69) is 20.9 Å². The second-order valence-corrected chi connectivity index (χ2v) is 5.68. The van der Waals surface area contributed by atoms with E-state index in [-0.39, 0.29) is 0 Å². The Balaban J connectivity index is 2.25. The summed E-state index contributed by atoms with van der Waals surface area (Å²) in [7, 11) is 0. The van der Waals surface area contributed by atoms with Gasteiger partial charge in [-0.1, -0.05) is 27.7 Å². The van der Waals surface area contributed by atoms with Crippen LogP contribution in [0.4, 0.5) is 5.69 Å². The van der Waals surface area contributed by atoms with Gasteiger partial charge in [0.05, 0.1) is 0 Å². The molecule has 1 heterocycles. The van der Waals surface area contributed by atoms with Crippen molar-refractivity contribution >= 4 is 44.7 Å². The van der Waals surface area contributed by atoms with Crippen LogP contribution in [-0.2, 0) is 0 Å². The maximum Gasteiger partial charge on any atom is 0.154 e. The average molecular weight is 287 g/mol. The maximum atomic E-state index is 5.86. The number of anilines is 1. The van der Waals surface area contributed by atoms with Crippen LogP contribution >= 0.6 is 39.0 Å². The van der Waals surface area contributed by atoms with Gasteiger partial charge in [-0.3, -0.25) is 0 Å². The molecule has 2 rings (SSSR count). The Bertz CT molecular complexity index is 428. The zero-order chi connectivity index (χ0) is 9.97. The van der Waals surface area contributed by atoms with Gasteiger partial charge in [0.15, 0.2) is 4.34 Å². The monoisotopic (exact) mass is 286 g/mol. The Morgan fingerprint density at radius 3 is 2.93 bits per heavy atom. The van der Waals surface area contributed by atoms with Crippen LogP contribution in [0.2, 0.25) is 0 Å². The van der Waals surface area contributed by atoms with E-state index in [0.29, 0.717) is 0 Å². The van der Waals surface area contributed by atoms with Crippen molar-refractivity contribution in [2.75, 3.05) is 5.73 Å². The molecule has 72 valence electrons. The molecule has 0 aliphatic rings. The Morgan fingerprint density at radius 2 is 2.29 bits per heavy atom. The second kappa shape index (κ2) is 4.33. The third-order valence-corrected chi connectivity index (χ3v) is 4.05. The van der Waals surface area contributed by atoms with Gasteiger partial charge in [-0.05, 0) is 18.2 Å². The minimum atomic E-state index is 0.777. The number of nitrogens with zero attached hydrogens (tertiary/aromatic N) is 1. The molecule has 0 saturated carbocycles. The highest BCUT2D eigenvalue weighted by Crippen LogP contribution is 2.34. The van der Waals surface area contributed by atoms with Crippen LogP contribution < -0.4 is 5.73 Å². The lowest BCUT2D eigenvalue weighted by Gasteiger charge is -2.02. The molecule has 0 aliphatic heterocycles. The SMILES string of the molecule is Nc1cc(Br)ccc1Sc1nccs1. The molecule has 0 aliphatic carbocycles. The van der Waals surface area contributed by atoms with Gasteiger partial charge in [0.25, 0.3) is 0 Å². The number of benzene rings is 1.